The molecule has 4 N–H and O–H groups in total. The Morgan fingerprint density at radius 3 is 2.17 bits per heavy atom. The average molecular weight is 571 g/mol. The molecule has 12 heteroatoms. The standard InChI is InChI=1S/C29H28F2N2O8/c1-39-23-10-17(11-24(40-2)27(23)36)28(37)33-20-14-32-9-3-4-22(20)41-29(38)16-7-5-15(6-8-16)26(35)25-19(31)12-18(30)13-21(25)34/h5-8,10-13,20,22,32,34,36H,3-4,9,14H2,1-2H3,(H,33,37)/t20-,22-/m1/s1. The lowest BCUT2D eigenvalue weighted by Crippen LogP contribution is -2.49. The number of halogens is 2. The number of phenolic OH excluding ortho intramolecular Hbond substituents is 2. The summed E-state index contributed by atoms with van der Waals surface area (Å²) >= 11 is 0. The minimum atomic E-state index is -1.21. The van der Waals surface area contributed by atoms with E-state index in [-0.39, 0.29) is 33.9 Å². The van der Waals surface area contributed by atoms with Crippen molar-refractivity contribution in [2.45, 2.75) is 25.0 Å². The number of hydrogen-bond donors (Lipinski definition) is 4. The first-order valence-corrected chi connectivity index (χ1v) is 12.6. The second-order valence-electron chi connectivity index (χ2n) is 9.29. The summed E-state index contributed by atoms with van der Waals surface area (Å²) in [4.78, 5) is 38.8. The maximum Gasteiger partial charge on any atom is 0.338 e. The molecule has 0 unspecified atom stereocenters. The zero-order valence-electron chi connectivity index (χ0n) is 22.2. The summed E-state index contributed by atoms with van der Waals surface area (Å²) in [5, 5.41) is 26.0. The normalized spacial score (nSPS) is 16.8. The van der Waals surface area contributed by atoms with Crippen LogP contribution < -0.4 is 20.1 Å². The van der Waals surface area contributed by atoms with Crippen LogP contribution in [0.1, 0.15) is 49.5 Å². The molecule has 0 aromatic heterocycles. The van der Waals surface area contributed by atoms with Crippen LogP contribution in [0.4, 0.5) is 8.78 Å². The van der Waals surface area contributed by atoms with Crippen molar-refractivity contribution in [2.24, 2.45) is 0 Å². The Morgan fingerprint density at radius 1 is 0.927 bits per heavy atom. The number of ether oxygens (including phenoxy) is 3. The van der Waals surface area contributed by atoms with Crippen molar-refractivity contribution < 1.29 is 47.6 Å². The summed E-state index contributed by atoms with van der Waals surface area (Å²) in [6.07, 6.45) is 0.422. The smallest absolute Gasteiger partial charge is 0.338 e. The van der Waals surface area contributed by atoms with Gasteiger partial charge in [0.2, 0.25) is 5.75 Å². The van der Waals surface area contributed by atoms with Gasteiger partial charge in [0.25, 0.3) is 5.91 Å². The van der Waals surface area contributed by atoms with Gasteiger partial charge in [-0.15, -0.1) is 0 Å². The van der Waals surface area contributed by atoms with Crippen molar-refractivity contribution in [2.75, 3.05) is 27.3 Å². The number of carbonyl (C=O) groups excluding carboxylic acids is 3. The van der Waals surface area contributed by atoms with Crippen LogP contribution in [0.15, 0.2) is 48.5 Å². The fourth-order valence-electron chi connectivity index (χ4n) is 4.47. The third-order valence-corrected chi connectivity index (χ3v) is 6.62. The van der Waals surface area contributed by atoms with Gasteiger partial charge in [-0.3, -0.25) is 9.59 Å². The lowest BCUT2D eigenvalue weighted by atomic mass is 10.0. The first-order chi connectivity index (χ1) is 19.6. The molecular formula is C29H28F2N2O8. The predicted molar refractivity (Wildman–Crippen MR) is 142 cm³/mol. The minimum Gasteiger partial charge on any atom is -0.507 e. The van der Waals surface area contributed by atoms with Gasteiger partial charge in [0, 0.05) is 29.8 Å². The van der Waals surface area contributed by atoms with Crippen molar-refractivity contribution in [3.63, 3.8) is 0 Å². The topological polar surface area (TPSA) is 143 Å². The van der Waals surface area contributed by atoms with Gasteiger partial charge < -0.3 is 35.1 Å². The Balaban J connectivity index is 1.48. The number of phenols is 2. The molecule has 1 heterocycles. The molecule has 1 saturated heterocycles. The number of esters is 1. The van der Waals surface area contributed by atoms with E-state index < -0.39 is 52.8 Å². The SMILES string of the molecule is COc1cc(C(=O)N[C@@H]2CNCCC[C@H]2OC(=O)c2ccc(C(=O)c3c(O)cc(F)cc3F)cc2)cc(OC)c1O. The van der Waals surface area contributed by atoms with Crippen LogP contribution in [-0.4, -0.2) is 67.3 Å². The lowest BCUT2D eigenvalue weighted by molar-refractivity contribution is 0.0192. The molecule has 0 aliphatic carbocycles. The number of amides is 1. The van der Waals surface area contributed by atoms with Gasteiger partial charge in [-0.25, -0.2) is 13.6 Å². The third kappa shape index (κ3) is 6.55. The van der Waals surface area contributed by atoms with Gasteiger partial charge in [0.15, 0.2) is 17.3 Å². The summed E-state index contributed by atoms with van der Waals surface area (Å²) in [6, 6.07) is 8.39. The van der Waals surface area contributed by atoms with Gasteiger partial charge in [-0.1, -0.05) is 12.1 Å². The number of carbonyl (C=O) groups is 3. The van der Waals surface area contributed by atoms with E-state index in [0.717, 1.165) is 0 Å². The highest BCUT2D eigenvalue weighted by atomic mass is 19.1. The molecule has 216 valence electrons. The van der Waals surface area contributed by atoms with Crippen molar-refractivity contribution in [3.05, 3.63) is 82.4 Å². The van der Waals surface area contributed by atoms with Crippen LogP contribution in [0.2, 0.25) is 0 Å². The van der Waals surface area contributed by atoms with Gasteiger partial charge in [-0.2, -0.15) is 0 Å². The van der Waals surface area contributed by atoms with Crippen LogP contribution in [0.5, 0.6) is 23.0 Å². The first kappa shape index (κ1) is 29.3. The Labute approximate surface area is 233 Å². The van der Waals surface area contributed by atoms with E-state index in [1.165, 1.54) is 50.6 Å². The Morgan fingerprint density at radius 2 is 1.56 bits per heavy atom. The Bertz CT molecular complexity index is 1410. The number of benzene rings is 3. The van der Waals surface area contributed by atoms with E-state index in [1.807, 2.05) is 0 Å². The van der Waals surface area contributed by atoms with E-state index >= 15 is 0 Å². The second-order valence-corrected chi connectivity index (χ2v) is 9.29. The molecule has 1 amide bonds. The molecular weight excluding hydrogens is 542 g/mol. The minimum absolute atomic E-state index is 0.0362. The highest BCUT2D eigenvalue weighted by molar-refractivity contribution is 6.11. The van der Waals surface area contributed by atoms with Crippen molar-refractivity contribution in [1.29, 1.82) is 0 Å². The van der Waals surface area contributed by atoms with Crippen molar-refractivity contribution in [3.8, 4) is 23.0 Å². The average Bonchev–Trinajstić information content (AvgIpc) is 3.17. The molecule has 1 aliphatic heterocycles. The molecule has 10 nitrogen and oxygen atoms in total. The zero-order valence-corrected chi connectivity index (χ0v) is 22.2. The van der Waals surface area contributed by atoms with Gasteiger partial charge >= 0.3 is 5.97 Å². The fraction of sp³-hybridized carbons (Fsp3) is 0.276. The lowest BCUT2D eigenvalue weighted by Gasteiger charge is -2.26. The molecule has 3 aromatic rings. The number of hydrogen-bond acceptors (Lipinski definition) is 9. The number of methoxy groups -OCH3 is 2. The van der Waals surface area contributed by atoms with E-state index in [1.54, 1.807) is 0 Å². The molecule has 0 radical (unpaired) electrons. The quantitative estimate of drug-likeness (QED) is 0.237. The Hall–Kier alpha value is -4.71. The van der Waals surface area contributed by atoms with Crippen molar-refractivity contribution >= 4 is 17.7 Å². The fourth-order valence-corrected chi connectivity index (χ4v) is 4.47. The third-order valence-electron chi connectivity index (χ3n) is 6.62. The number of aromatic hydroxyl groups is 2. The summed E-state index contributed by atoms with van der Waals surface area (Å²) in [7, 11) is 2.68. The van der Waals surface area contributed by atoms with E-state index in [2.05, 4.69) is 10.6 Å². The molecule has 1 fully saturated rings. The molecule has 0 saturated carbocycles. The molecule has 3 aromatic carbocycles. The van der Waals surface area contributed by atoms with Crippen LogP contribution >= 0.6 is 0 Å². The second kappa shape index (κ2) is 12.6. The maximum absolute atomic E-state index is 14.1. The molecule has 2 atom stereocenters. The summed E-state index contributed by atoms with van der Waals surface area (Å²) in [5.74, 6) is -5.33. The van der Waals surface area contributed by atoms with Crippen molar-refractivity contribution in [1.82, 2.24) is 10.6 Å². The van der Waals surface area contributed by atoms with Gasteiger partial charge in [0.1, 0.15) is 29.1 Å². The highest BCUT2D eigenvalue weighted by Gasteiger charge is 2.30. The van der Waals surface area contributed by atoms with Crippen LogP contribution in [0.25, 0.3) is 0 Å². The molecule has 0 spiro atoms. The maximum atomic E-state index is 14.1. The Kier molecular flexibility index (Phi) is 9.03. The van der Waals surface area contributed by atoms with Gasteiger partial charge in [-0.05, 0) is 43.7 Å². The molecule has 4 rings (SSSR count). The molecule has 41 heavy (non-hydrogen) atoms. The van der Waals surface area contributed by atoms with Crippen LogP contribution in [0, 0.1) is 11.6 Å². The van der Waals surface area contributed by atoms with Crippen LogP contribution in [0.3, 0.4) is 0 Å². The van der Waals surface area contributed by atoms with E-state index in [4.69, 9.17) is 14.2 Å². The number of ketones is 1. The highest BCUT2D eigenvalue weighted by Crippen LogP contribution is 2.37. The summed E-state index contributed by atoms with van der Waals surface area (Å²) in [5.41, 5.74) is -0.462. The summed E-state index contributed by atoms with van der Waals surface area (Å²) < 4.78 is 43.4. The van der Waals surface area contributed by atoms with Gasteiger partial charge in [0.05, 0.1) is 25.8 Å². The number of nitrogens with one attached hydrogen (secondary N) is 2. The summed E-state index contributed by atoms with van der Waals surface area (Å²) in [6.45, 7) is 0.959. The predicted octanol–water partition coefficient (Wildman–Crippen LogP) is 3.33. The molecule has 0 bridgehead atoms. The zero-order chi connectivity index (χ0) is 29.7. The van der Waals surface area contributed by atoms with E-state index in [0.29, 0.717) is 38.1 Å². The van der Waals surface area contributed by atoms with E-state index in [9.17, 15) is 33.4 Å². The largest absolute Gasteiger partial charge is 0.507 e. The molecule has 1 aliphatic rings. The first-order valence-electron chi connectivity index (χ1n) is 12.6. The van der Waals surface area contributed by atoms with Crippen LogP contribution in [-0.2, 0) is 4.74 Å². The monoisotopic (exact) mass is 570 g/mol. The number of rotatable bonds is 8.